The third-order valence-electron chi connectivity index (χ3n) is 4.95. The van der Waals surface area contributed by atoms with E-state index in [1.54, 1.807) is 26.1 Å². The van der Waals surface area contributed by atoms with Crippen molar-refractivity contribution in [1.82, 2.24) is 10.7 Å². The Hall–Kier alpha value is -3.74. The summed E-state index contributed by atoms with van der Waals surface area (Å²) in [4.78, 5) is 25.1. The van der Waals surface area contributed by atoms with Gasteiger partial charge in [0.25, 0.3) is 11.8 Å². The van der Waals surface area contributed by atoms with E-state index in [1.807, 2.05) is 43.3 Å². The van der Waals surface area contributed by atoms with Crippen molar-refractivity contribution >= 4 is 28.8 Å². The van der Waals surface area contributed by atoms with Crippen molar-refractivity contribution in [3.63, 3.8) is 0 Å². The Labute approximate surface area is 186 Å². The molecule has 2 N–H and O–H groups in total. The van der Waals surface area contributed by atoms with Crippen LogP contribution >= 0.6 is 0 Å². The van der Waals surface area contributed by atoms with Gasteiger partial charge in [-0.05, 0) is 42.5 Å². The van der Waals surface area contributed by atoms with Crippen LogP contribution in [0.4, 0.5) is 4.39 Å². The standard InChI is InChI=1S/C25H26FN3O3/c1-4-32-22-14-13-17(18-9-5-6-10-19(18)22)15-27-29-25(31)23(16(2)3)28-24(30)20-11-7-8-12-21(20)26/h5-16,23H,4H2,1-3H3,(H,28,30)(H,29,31)/b27-15+. The third-order valence-corrected chi connectivity index (χ3v) is 4.95. The van der Waals surface area contributed by atoms with Crippen LogP contribution in [-0.4, -0.2) is 30.7 Å². The van der Waals surface area contributed by atoms with Gasteiger partial charge in [-0.1, -0.05) is 50.2 Å². The molecule has 0 heterocycles. The highest BCUT2D eigenvalue weighted by molar-refractivity contribution is 6.03. The van der Waals surface area contributed by atoms with Gasteiger partial charge in [-0.25, -0.2) is 9.82 Å². The predicted octanol–water partition coefficient (Wildman–Crippen LogP) is 4.28. The summed E-state index contributed by atoms with van der Waals surface area (Å²) in [5.41, 5.74) is 3.17. The molecule has 166 valence electrons. The first-order chi connectivity index (χ1) is 15.4. The van der Waals surface area contributed by atoms with Crippen molar-refractivity contribution in [3.05, 3.63) is 77.6 Å². The lowest BCUT2D eigenvalue weighted by Crippen LogP contribution is -2.48. The SMILES string of the molecule is CCOc1ccc(/C=N/NC(=O)C(NC(=O)c2ccccc2F)C(C)C)c2ccccc12. The fourth-order valence-corrected chi connectivity index (χ4v) is 3.32. The minimum absolute atomic E-state index is 0.115. The Bertz CT molecular complexity index is 1140. The van der Waals surface area contributed by atoms with Gasteiger partial charge in [-0.15, -0.1) is 0 Å². The van der Waals surface area contributed by atoms with Gasteiger partial charge >= 0.3 is 0 Å². The van der Waals surface area contributed by atoms with E-state index in [-0.39, 0.29) is 11.5 Å². The quantitative estimate of drug-likeness (QED) is 0.409. The summed E-state index contributed by atoms with van der Waals surface area (Å²) >= 11 is 0. The number of hydrogen-bond acceptors (Lipinski definition) is 4. The lowest BCUT2D eigenvalue weighted by Gasteiger charge is -2.20. The largest absolute Gasteiger partial charge is 0.493 e. The van der Waals surface area contributed by atoms with Crippen molar-refractivity contribution in [2.45, 2.75) is 26.8 Å². The van der Waals surface area contributed by atoms with E-state index in [0.29, 0.717) is 6.61 Å². The first kappa shape index (κ1) is 22.9. The molecule has 3 aromatic carbocycles. The van der Waals surface area contributed by atoms with Crippen LogP contribution in [0.15, 0.2) is 65.8 Å². The molecule has 6 nitrogen and oxygen atoms in total. The number of amides is 2. The minimum Gasteiger partial charge on any atom is -0.493 e. The molecule has 3 aromatic rings. The van der Waals surface area contributed by atoms with Crippen LogP contribution in [0.3, 0.4) is 0 Å². The van der Waals surface area contributed by atoms with Gasteiger partial charge in [0.1, 0.15) is 17.6 Å². The number of benzene rings is 3. The van der Waals surface area contributed by atoms with E-state index >= 15 is 0 Å². The summed E-state index contributed by atoms with van der Waals surface area (Å²) < 4.78 is 19.6. The number of ether oxygens (including phenoxy) is 1. The molecule has 0 saturated carbocycles. The Morgan fingerprint density at radius 3 is 2.41 bits per heavy atom. The van der Waals surface area contributed by atoms with Gasteiger partial charge in [0.05, 0.1) is 18.4 Å². The van der Waals surface area contributed by atoms with E-state index in [1.165, 1.54) is 18.2 Å². The van der Waals surface area contributed by atoms with Gasteiger partial charge in [0, 0.05) is 10.9 Å². The lowest BCUT2D eigenvalue weighted by atomic mass is 10.0. The molecule has 3 rings (SSSR count). The molecule has 0 saturated heterocycles. The average Bonchev–Trinajstić information content (AvgIpc) is 2.78. The van der Waals surface area contributed by atoms with Crippen molar-refractivity contribution in [2.75, 3.05) is 6.61 Å². The van der Waals surface area contributed by atoms with Gasteiger partial charge < -0.3 is 10.1 Å². The van der Waals surface area contributed by atoms with Gasteiger partial charge in [-0.3, -0.25) is 9.59 Å². The van der Waals surface area contributed by atoms with Gasteiger partial charge in [0.2, 0.25) is 0 Å². The highest BCUT2D eigenvalue weighted by atomic mass is 19.1. The molecule has 0 aromatic heterocycles. The molecule has 0 aliphatic rings. The Balaban J connectivity index is 1.74. The molecule has 0 bridgehead atoms. The van der Waals surface area contributed by atoms with E-state index in [9.17, 15) is 14.0 Å². The second-order valence-electron chi connectivity index (χ2n) is 7.54. The average molecular weight is 435 g/mol. The number of halogens is 1. The van der Waals surface area contributed by atoms with Gasteiger partial charge in [0.15, 0.2) is 0 Å². The molecule has 0 spiro atoms. The van der Waals surface area contributed by atoms with Crippen LogP contribution in [0.2, 0.25) is 0 Å². The third kappa shape index (κ3) is 5.29. The summed E-state index contributed by atoms with van der Waals surface area (Å²) in [6, 6.07) is 16.2. The maximum Gasteiger partial charge on any atom is 0.262 e. The van der Waals surface area contributed by atoms with Crippen molar-refractivity contribution in [3.8, 4) is 5.75 Å². The number of hydrogen-bond donors (Lipinski definition) is 2. The van der Waals surface area contributed by atoms with E-state index in [0.717, 1.165) is 22.1 Å². The van der Waals surface area contributed by atoms with Crippen molar-refractivity contribution < 1.29 is 18.7 Å². The lowest BCUT2D eigenvalue weighted by molar-refractivity contribution is -0.123. The predicted molar refractivity (Wildman–Crippen MR) is 123 cm³/mol. The molecule has 32 heavy (non-hydrogen) atoms. The highest BCUT2D eigenvalue weighted by Gasteiger charge is 2.25. The van der Waals surface area contributed by atoms with E-state index in [2.05, 4.69) is 15.8 Å². The minimum atomic E-state index is -0.878. The number of fused-ring (bicyclic) bond motifs is 1. The summed E-state index contributed by atoms with van der Waals surface area (Å²) in [5.74, 6) is -1.24. The van der Waals surface area contributed by atoms with Crippen LogP contribution in [0.25, 0.3) is 10.8 Å². The van der Waals surface area contributed by atoms with Gasteiger partial charge in [-0.2, -0.15) is 5.10 Å². The zero-order valence-electron chi connectivity index (χ0n) is 18.3. The van der Waals surface area contributed by atoms with Crippen LogP contribution in [0, 0.1) is 11.7 Å². The number of rotatable bonds is 8. The van der Waals surface area contributed by atoms with E-state index < -0.39 is 23.7 Å². The Kier molecular flexibility index (Phi) is 7.54. The normalized spacial score (nSPS) is 12.2. The molecule has 1 unspecified atom stereocenters. The molecular weight excluding hydrogens is 409 g/mol. The topological polar surface area (TPSA) is 79.8 Å². The fraction of sp³-hybridized carbons (Fsp3) is 0.240. The maximum absolute atomic E-state index is 13.9. The summed E-state index contributed by atoms with van der Waals surface area (Å²) in [6.45, 7) is 6.06. The van der Waals surface area contributed by atoms with Crippen LogP contribution in [-0.2, 0) is 4.79 Å². The number of nitrogens with one attached hydrogen (secondary N) is 2. The molecule has 7 heteroatoms. The zero-order chi connectivity index (χ0) is 23.1. The number of carbonyl (C=O) groups is 2. The summed E-state index contributed by atoms with van der Waals surface area (Å²) in [5, 5.41) is 8.55. The second-order valence-corrected chi connectivity index (χ2v) is 7.54. The maximum atomic E-state index is 13.9. The number of nitrogens with zero attached hydrogens (tertiary/aromatic N) is 1. The smallest absolute Gasteiger partial charge is 0.262 e. The molecule has 0 radical (unpaired) electrons. The zero-order valence-corrected chi connectivity index (χ0v) is 18.3. The summed E-state index contributed by atoms with van der Waals surface area (Å²) in [7, 11) is 0. The first-order valence-corrected chi connectivity index (χ1v) is 10.4. The first-order valence-electron chi connectivity index (χ1n) is 10.4. The molecule has 0 aliphatic carbocycles. The van der Waals surface area contributed by atoms with Crippen LogP contribution < -0.4 is 15.5 Å². The molecule has 0 fully saturated rings. The monoisotopic (exact) mass is 435 g/mol. The molecule has 1 atom stereocenters. The fourth-order valence-electron chi connectivity index (χ4n) is 3.32. The highest BCUT2D eigenvalue weighted by Crippen LogP contribution is 2.27. The van der Waals surface area contributed by atoms with Crippen LogP contribution in [0.1, 0.15) is 36.7 Å². The Morgan fingerprint density at radius 1 is 1.03 bits per heavy atom. The molecular formula is C25H26FN3O3. The second kappa shape index (κ2) is 10.5. The Morgan fingerprint density at radius 2 is 1.72 bits per heavy atom. The van der Waals surface area contributed by atoms with E-state index in [4.69, 9.17) is 4.74 Å². The molecule has 0 aliphatic heterocycles. The van der Waals surface area contributed by atoms with Crippen molar-refractivity contribution in [2.24, 2.45) is 11.0 Å². The summed E-state index contributed by atoms with van der Waals surface area (Å²) in [6.07, 6.45) is 1.55. The number of carbonyl (C=O) groups excluding carboxylic acids is 2. The van der Waals surface area contributed by atoms with Crippen molar-refractivity contribution in [1.29, 1.82) is 0 Å². The van der Waals surface area contributed by atoms with Crippen LogP contribution in [0.5, 0.6) is 5.75 Å². The molecule has 2 amide bonds. The number of hydrazone groups is 1.